The lowest BCUT2D eigenvalue weighted by molar-refractivity contribution is 0.462. The minimum atomic E-state index is -0.377. The van der Waals surface area contributed by atoms with Gasteiger partial charge in [0.15, 0.2) is 5.52 Å². The Balaban J connectivity index is 2.05. The zero-order valence-corrected chi connectivity index (χ0v) is 11.6. The first-order valence-electron chi connectivity index (χ1n) is 5.53. The van der Waals surface area contributed by atoms with Gasteiger partial charge in [0.1, 0.15) is 11.6 Å². The van der Waals surface area contributed by atoms with E-state index in [1.165, 1.54) is 12.1 Å². The Hall–Kier alpha value is -1.95. The molecule has 4 nitrogen and oxygen atoms in total. The van der Waals surface area contributed by atoms with Crippen LogP contribution < -0.4 is 4.74 Å². The number of fused-ring (bicyclic) bond motifs is 1. The molecule has 0 spiro atoms. The molecule has 0 saturated heterocycles. The fraction of sp³-hybridized carbons (Fsp3) is 0.0769. The Morgan fingerprint density at radius 2 is 2.11 bits per heavy atom. The van der Waals surface area contributed by atoms with E-state index in [0.29, 0.717) is 21.6 Å². The molecule has 0 amide bonds. The summed E-state index contributed by atoms with van der Waals surface area (Å²) in [5.74, 6) is 0.352. The molecule has 0 aliphatic rings. The fourth-order valence-electron chi connectivity index (χ4n) is 1.81. The second-order valence-electron chi connectivity index (χ2n) is 4.05. The highest BCUT2D eigenvalue weighted by molar-refractivity contribution is 9.10. The number of imidazole rings is 1. The molecular weight excluding hydrogens is 313 g/mol. The number of nitrogens with zero attached hydrogens (tertiary/aromatic N) is 3. The van der Waals surface area contributed by atoms with Crippen LogP contribution in [-0.2, 0) is 7.05 Å². The number of hydrogen-bond donors (Lipinski definition) is 0. The molecule has 3 aromatic rings. The lowest BCUT2D eigenvalue weighted by Gasteiger charge is -2.06. The maximum Gasteiger partial charge on any atom is 0.247 e. The van der Waals surface area contributed by atoms with Gasteiger partial charge in [-0.15, -0.1) is 0 Å². The normalized spacial score (nSPS) is 10.9. The largest absolute Gasteiger partial charge is 0.437 e. The third-order valence-corrected chi connectivity index (χ3v) is 3.12. The van der Waals surface area contributed by atoms with Gasteiger partial charge in [-0.25, -0.2) is 14.4 Å². The predicted molar refractivity (Wildman–Crippen MR) is 72.7 cm³/mol. The minimum Gasteiger partial charge on any atom is -0.437 e. The van der Waals surface area contributed by atoms with Crippen LogP contribution in [0.5, 0.6) is 11.6 Å². The first-order valence-corrected chi connectivity index (χ1v) is 6.33. The van der Waals surface area contributed by atoms with Crippen LogP contribution in [0.25, 0.3) is 11.0 Å². The number of aromatic nitrogens is 3. The van der Waals surface area contributed by atoms with E-state index < -0.39 is 0 Å². The second kappa shape index (κ2) is 4.62. The van der Waals surface area contributed by atoms with Gasteiger partial charge in [-0.1, -0.05) is 15.9 Å². The van der Waals surface area contributed by atoms with Gasteiger partial charge in [-0.05, 0) is 18.2 Å². The monoisotopic (exact) mass is 321 g/mol. The first kappa shape index (κ1) is 12.1. The van der Waals surface area contributed by atoms with E-state index in [1.807, 2.05) is 17.7 Å². The van der Waals surface area contributed by atoms with E-state index in [1.54, 1.807) is 18.6 Å². The van der Waals surface area contributed by atoms with Crippen molar-refractivity contribution in [1.29, 1.82) is 0 Å². The van der Waals surface area contributed by atoms with Crippen LogP contribution in [0.15, 0.2) is 41.3 Å². The number of aryl methyl sites for hydroxylation is 1. The van der Waals surface area contributed by atoms with Gasteiger partial charge in [0.05, 0.1) is 11.8 Å². The molecule has 6 heteroatoms. The summed E-state index contributed by atoms with van der Waals surface area (Å²) in [5, 5.41) is 0. The van der Waals surface area contributed by atoms with Gasteiger partial charge in [0, 0.05) is 23.8 Å². The lowest BCUT2D eigenvalue weighted by atomic mass is 10.3. The molecule has 0 bridgehead atoms. The number of rotatable bonds is 2. The summed E-state index contributed by atoms with van der Waals surface area (Å²) < 4.78 is 21.4. The molecule has 2 heterocycles. The van der Waals surface area contributed by atoms with Gasteiger partial charge in [-0.3, -0.25) is 0 Å². The molecule has 0 fully saturated rings. The number of halogens is 2. The number of pyridine rings is 1. The lowest BCUT2D eigenvalue weighted by Crippen LogP contribution is -1.91. The third kappa shape index (κ3) is 2.31. The molecule has 0 aliphatic heterocycles. The Morgan fingerprint density at radius 1 is 1.26 bits per heavy atom. The van der Waals surface area contributed by atoms with Crippen LogP contribution in [0.2, 0.25) is 0 Å². The molecular formula is C13H9BrFN3O. The number of hydrogen-bond acceptors (Lipinski definition) is 3. The smallest absolute Gasteiger partial charge is 0.247 e. The van der Waals surface area contributed by atoms with E-state index >= 15 is 0 Å². The molecule has 19 heavy (non-hydrogen) atoms. The fourth-order valence-corrected chi connectivity index (χ4v) is 2.26. The van der Waals surface area contributed by atoms with E-state index in [4.69, 9.17) is 4.74 Å². The maximum absolute atomic E-state index is 13.3. The highest BCUT2D eigenvalue weighted by Gasteiger charge is 2.10. The van der Waals surface area contributed by atoms with Crippen molar-refractivity contribution in [2.45, 2.75) is 0 Å². The first-order chi connectivity index (χ1) is 9.13. The van der Waals surface area contributed by atoms with Crippen molar-refractivity contribution in [3.8, 4) is 11.6 Å². The Labute approximate surface area is 117 Å². The van der Waals surface area contributed by atoms with Crippen LogP contribution in [0.3, 0.4) is 0 Å². The molecule has 0 unspecified atom stereocenters. The summed E-state index contributed by atoms with van der Waals surface area (Å²) in [6.07, 6.45) is 3.31. The van der Waals surface area contributed by atoms with Crippen LogP contribution >= 0.6 is 15.9 Å². The predicted octanol–water partition coefficient (Wildman–Crippen LogP) is 3.66. The molecule has 96 valence electrons. The SMILES string of the molecule is Cn1cnc2c(Oc3cc(F)cc(Br)c3)nccc21. The molecule has 2 aromatic heterocycles. The number of benzene rings is 1. The molecule has 0 N–H and O–H groups in total. The van der Waals surface area contributed by atoms with Crippen molar-refractivity contribution in [2.75, 3.05) is 0 Å². The zero-order valence-electron chi connectivity index (χ0n) is 9.97. The molecule has 0 aliphatic carbocycles. The van der Waals surface area contributed by atoms with E-state index in [9.17, 15) is 4.39 Å². The summed E-state index contributed by atoms with van der Waals surface area (Å²) in [6.45, 7) is 0. The molecule has 0 atom stereocenters. The highest BCUT2D eigenvalue weighted by Crippen LogP contribution is 2.28. The summed E-state index contributed by atoms with van der Waals surface area (Å²) in [6, 6.07) is 6.18. The van der Waals surface area contributed by atoms with Crippen LogP contribution in [0.1, 0.15) is 0 Å². The summed E-state index contributed by atoms with van der Waals surface area (Å²) >= 11 is 3.22. The zero-order chi connectivity index (χ0) is 13.4. The Bertz CT molecular complexity index is 736. The van der Waals surface area contributed by atoms with Crippen LogP contribution in [-0.4, -0.2) is 14.5 Å². The van der Waals surface area contributed by atoms with E-state index in [-0.39, 0.29) is 5.82 Å². The van der Waals surface area contributed by atoms with E-state index in [2.05, 4.69) is 25.9 Å². The molecule has 1 aromatic carbocycles. The van der Waals surface area contributed by atoms with Crippen molar-refractivity contribution in [2.24, 2.45) is 7.05 Å². The van der Waals surface area contributed by atoms with Crippen molar-refractivity contribution in [3.05, 3.63) is 47.1 Å². The second-order valence-corrected chi connectivity index (χ2v) is 4.96. The van der Waals surface area contributed by atoms with Crippen molar-refractivity contribution < 1.29 is 9.13 Å². The Kier molecular flexibility index (Phi) is 2.94. The van der Waals surface area contributed by atoms with E-state index in [0.717, 1.165) is 5.52 Å². The molecule has 0 radical (unpaired) electrons. The van der Waals surface area contributed by atoms with Gasteiger partial charge in [-0.2, -0.15) is 0 Å². The average Bonchev–Trinajstić information content (AvgIpc) is 2.71. The van der Waals surface area contributed by atoms with Crippen LogP contribution in [0.4, 0.5) is 4.39 Å². The summed E-state index contributed by atoms with van der Waals surface area (Å²) in [4.78, 5) is 8.37. The summed E-state index contributed by atoms with van der Waals surface area (Å²) in [7, 11) is 1.89. The highest BCUT2D eigenvalue weighted by atomic mass is 79.9. The topological polar surface area (TPSA) is 39.9 Å². The Morgan fingerprint density at radius 3 is 2.89 bits per heavy atom. The van der Waals surface area contributed by atoms with Crippen LogP contribution in [0, 0.1) is 5.82 Å². The van der Waals surface area contributed by atoms with Gasteiger partial charge in [0.2, 0.25) is 5.88 Å². The van der Waals surface area contributed by atoms with Gasteiger partial charge < -0.3 is 9.30 Å². The maximum atomic E-state index is 13.3. The quantitative estimate of drug-likeness (QED) is 0.723. The number of ether oxygens (including phenoxy) is 1. The van der Waals surface area contributed by atoms with Gasteiger partial charge in [0.25, 0.3) is 0 Å². The molecule has 0 saturated carbocycles. The minimum absolute atomic E-state index is 0.357. The van der Waals surface area contributed by atoms with Crippen molar-refractivity contribution in [1.82, 2.24) is 14.5 Å². The third-order valence-electron chi connectivity index (χ3n) is 2.66. The average molecular weight is 322 g/mol. The molecule has 3 rings (SSSR count). The van der Waals surface area contributed by atoms with Crippen molar-refractivity contribution in [3.63, 3.8) is 0 Å². The van der Waals surface area contributed by atoms with Crippen molar-refractivity contribution >= 4 is 27.0 Å². The van der Waals surface area contributed by atoms with Gasteiger partial charge >= 0.3 is 0 Å². The summed E-state index contributed by atoms with van der Waals surface area (Å²) in [5.41, 5.74) is 1.55. The standard InChI is InChI=1S/C13H9BrFN3O/c1-18-7-17-12-11(18)2-3-16-13(12)19-10-5-8(14)4-9(15)6-10/h2-7H,1H3.